The third-order valence-corrected chi connectivity index (χ3v) is 3.94. The molecule has 1 aromatic heterocycles. The van der Waals surface area contributed by atoms with Gasteiger partial charge in [0.2, 0.25) is 5.91 Å². The van der Waals surface area contributed by atoms with Crippen LogP contribution in [0.5, 0.6) is 0 Å². The third kappa shape index (κ3) is 3.60. The minimum absolute atomic E-state index is 0.239. The summed E-state index contributed by atoms with van der Waals surface area (Å²) >= 11 is 0. The van der Waals surface area contributed by atoms with Gasteiger partial charge in [-0.1, -0.05) is 0 Å². The fourth-order valence-corrected chi connectivity index (χ4v) is 2.64. The maximum Gasteiger partial charge on any atom is 0.320 e. The molecular formula is C16H17FN4O3. The molecule has 1 amide bonds. The van der Waals surface area contributed by atoms with E-state index in [1.165, 1.54) is 12.1 Å². The van der Waals surface area contributed by atoms with E-state index < -0.39 is 18.1 Å². The number of aromatic nitrogens is 2. The highest BCUT2D eigenvalue weighted by Crippen LogP contribution is 2.13. The van der Waals surface area contributed by atoms with Crippen LogP contribution in [0.25, 0.3) is 5.69 Å². The number of halogens is 1. The van der Waals surface area contributed by atoms with E-state index in [0.29, 0.717) is 18.5 Å². The van der Waals surface area contributed by atoms with Gasteiger partial charge >= 0.3 is 5.97 Å². The van der Waals surface area contributed by atoms with Gasteiger partial charge in [-0.05, 0) is 43.2 Å². The molecule has 0 spiro atoms. The van der Waals surface area contributed by atoms with Gasteiger partial charge in [-0.2, -0.15) is 5.10 Å². The van der Waals surface area contributed by atoms with Crippen LogP contribution in [0.1, 0.15) is 18.5 Å². The molecule has 0 unspecified atom stereocenters. The van der Waals surface area contributed by atoms with Crippen molar-refractivity contribution < 1.29 is 19.1 Å². The summed E-state index contributed by atoms with van der Waals surface area (Å²) < 4.78 is 14.5. The van der Waals surface area contributed by atoms with Gasteiger partial charge in [0.15, 0.2) is 0 Å². The molecule has 24 heavy (non-hydrogen) atoms. The number of rotatable bonds is 5. The average Bonchev–Trinajstić information content (AvgIpc) is 3.23. The summed E-state index contributed by atoms with van der Waals surface area (Å²) in [5.41, 5.74) is 1.37. The van der Waals surface area contributed by atoms with Crippen LogP contribution >= 0.6 is 0 Å². The fourth-order valence-electron chi connectivity index (χ4n) is 2.64. The van der Waals surface area contributed by atoms with E-state index in [1.807, 2.05) is 0 Å². The molecule has 3 rings (SSSR count). The summed E-state index contributed by atoms with van der Waals surface area (Å²) in [4.78, 5) is 22.9. The van der Waals surface area contributed by atoms with E-state index in [0.717, 1.165) is 5.69 Å². The van der Waals surface area contributed by atoms with E-state index in [2.05, 4.69) is 15.7 Å². The second-order valence-electron chi connectivity index (χ2n) is 5.63. The average molecular weight is 332 g/mol. The number of nitrogens with zero attached hydrogens (tertiary/aromatic N) is 2. The van der Waals surface area contributed by atoms with Gasteiger partial charge in [-0.25, -0.2) is 9.07 Å². The highest BCUT2D eigenvalue weighted by molar-refractivity contribution is 5.84. The lowest BCUT2D eigenvalue weighted by atomic mass is 10.2. The first-order valence-corrected chi connectivity index (χ1v) is 7.60. The quantitative estimate of drug-likeness (QED) is 0.754. The Morgan fingerprint density at radius 2 is 1.96 bits per heavy atom. The first-order chi connectivity index (χ1) is 11.5. The molecule has 1 aliphatic heterocycles. The van der Waals surface area contributed by atoms with Gasteiger partial charge < -0.3 is 10.4 Å². The topological polar surface area (TPSA) is 96.2 Å². The number of hydrogen-bond acceptors (Lipinski definition) is 4. The first-order valence-electron chi connectivity index (χ1n) is 7.60. The second-order valence-corrected chi connectivity index (χ2v) is 5.63. The van der Waals surface area contributed by atoms with Crippen molar-refractivity contribution in [3.05, 3.63) is 48.0 Å². The van der Waals surface area contributed by atoms with Gasteiger partial charge in [-0.3, -0.25) is 14.9 Å². The van der Waals surface area contributed by atoms with Gasteiger partial charge in [0, 0.05) is 6.20 Å². The Labute approximate surface area is 137 Å². The van der Waals surface area contributed by atoms with Gasteiger partial charge in [0.25, 0.3) is 0 Å². The lowest BCUT2D eigenvalue weighted by Crippen LogP contribution is -2.44. The standard InChI is InChI=1S/C16H17FN4O3/c17-10-1-3-12(4-2-10)21-8-7-11(20-21)9-18-15(22)13-5-6-14(19-13)16(23)24/h1-4,7-8,13-14,19H,5-6,9H2,(H,18,22)(H,23,24)/t13-,14+/m1/s1. The second kappa shape index (κ2) is 6.79. The molecule has 2 atom stereocenters. The monoisotopic (exact) mass is 332 g/mol. The number of carboxylic acid groups (broad SMARTS) is 1. The molecule has 8 heteroatoms. The Morgan fingerprint density at radius 1 is 1.25 bits per heavy atom. The summed E-state index contributed by atoms with van der Waals surface area (Å²) in [5.74, 6) is -1.50. The van der Waals surface area contributed by atoms with Gasteiger partial charge in [0.05, 0.1) is 24.0 Å². The Morgan fingerprint density at radius 3 is 2.62 bits per heavy atom. The Kier molecular flexibility index (Phi) is 4.57. The van der Waals surface area contributed by atoms with Crippen LogP contribution in [0.4, 0.5) is 4.39 Å². The summed E-state index contributed by atoms with van der Waals surface area (Å²) in [6.45, 7) is 0.239. The molecule has 1 aliphatic rings. The van der Waals surface area contributed by atoms with E-state index in [9.17, 15) is 14.0 Å². The Hall–Kier alpha value is -2.74. The van der Waals surface area contributed by atoms with Gasteiger partial charge in [0.1, 0.15) is 11.9 Å². The molecule has 1 fully saturated rings. The van der Waals surface area contributed by atoms with Crippen molar-refractivity contribution in [3.8, 4) is 5.69 Å². The molecule has 3 N–H and O–H groups in total. The van der Waals surface area contributed by atoms with Crippen LogP contribution in [-0.4, -0.2) is 38.8 Å². The van der Waals surface area contributed by atoms with Crippen molar-refractivity contribution in [3.63, 3.8) is 0 Å². The number of amides is 1. The number of carboxylic acids is 1. The largest absolute Gasteiger partial charge is 0.480 e. The number of carbonyl (C=O) groups is 2. The third-order valence-electron chi connectivity index (χ3n) is 3.94. The van der Waals surface area contributed by atoms with Crippen LogP contribution in [0.2, 0.25) is 0 Å². The minimum Gasteiger partial charge on any atom is -0.480 e. The summed E-state index contributed by atoms with van der Waals surface area (Å²) in [5, 5.41) is 18.8. The number of aliphatic carboxylic acids is 1. The predicted molar refractivity (Wildman–Crippen MR) is 83.0 cm³/mol. The number of nitrogens with one attached hydrogen (secondary N) is 2. The fraction of sp³-hybridized carbons (Fsp3) is 0.312. The van der Waals surface area contributed by atoms with E-state index >= 15 is 0 Å². The Balaban J connectivity index is 1.55. The summed E-state index contributed by atoms with van der Waals surface area (Å²) in [7, 11) is 0. The molecule has 1 aromatic carbocycles. The van der Waals surface area contributed by atoms with Crippen LogP contribution in [-0.2, 0) is 16.1 Å². The molecule has 1 saturated heterocycles. The van der Waals surface area contributed by atoms with Crippen molar-refractivity contribution in [1.29, 1.82) is 0 Å². The molecule has 0 radical (unpaired) electrons. The first kappa shape index (κ1) is 16.1. The molecule has 0 saturated carbocycles. The van der Waals surface area contributed by atoms with Crippen molar-refractivity contribution >= 4 is 11.9 Å². The molecule has 2 aromatic rings. The zero-order valence-electron chi connectivity index (χ0n) is 12.8. The lowest BCUT2D eigenvalue weighted by Gasteiger charge is -2.11. The zero-order chi connectivity index (χ0) is 17.1. The lowest BCUT2D eigenvalue weighted by molar-refractivity contribution is -0.139. The number of carbonyl (C=O) groups excluding carboxylic acids is 1. The van der Waals surface area contributed by atoms with Crippen molar-refractivity contribution in [2.75, 3.05) is 0 Å². The van der Waals surface area contributed by atoms with E-state index in [4.69, 9.17) is 5.11 Å². The van der Waals surface area contributed by atoms with Crippen LogP contribution < -0.4 is 10.6 Å². The molecule has 126 valence electrons. The molecule has 2 heterocycles. The molecule has 0 aliphatic carbocycles. The summed E-state index contributed by atoms with van der Waals surface area (Å²) in [6.07, 6.45) is 2.66. The van der Waals surface area contributed by atoms with Crippen molar-refractivity contribution in [2.45, 2.75) is 31.5 Å². The maximum atomic E-state index is 12.9. The normalized spacial score (nSPS) is 20.0. The van der Waals surface area contributed by atoms with Crippen molar-refractivity contribution in [2.24, 2.45) is 0 Å². The molecular weight excluding hydrogens is 315 g/mol. The van der Waals surface area contributed by atoms with Crippen LogP contribution in [0.3, 0.4) is 0 Å². The van der Waals surface area contributed by atoms with Crippen LogP contribution in [0, 0.1) is 5.82 Å². The molecule has 7 nitrogen and oxygen atoms in total. The van der Waals surface area contributed by atoms with Gasteiger partial charge in [-0.15, -0.1) is 0 Å². The maximum absolute atomic E-state index is 12.9. The Bertz CT molecular complexity index is 744. The predicted octanol–water partition coefficient (Wildman–Crippen LogP) is 0.833. The zero-order valence-corrected chi connectivity index (χ0v) is 12.8. The van der Waals surface area contributed by atoms with Crippen LogP contribution in [0.15, 0.2) is 36.5 Å². The highest BCUT2D eigenvalue weighted by Gasteiger charge is 2.32. The minimum atomic E-state index is -0.941. The van der Waals surface area contributed by atoms with E-state index in [1.54, 1.807) is 29.1 Å². The van der Waals surface area contributed by atoms with Crippen molar-refractivity contribution in [1.82, 2.24) is 20.4 Å². The van der Waals surface area contributed by atoms with E-state index in [-0.39, 0.29) is 18.3 Å². The summed E-state index contributed by atoms with van der Waals surface area (Å²) in [6, 6.07) is 6.51. The molecule has 0 bridgehead atoms. The number of hydrogen-bond donors (Lipinski definition) is 3. The SMILES string of the molecule is O=C(O)[C@@H]1CC[C@H](C(=O)NCc2ccn(-c3ccc(F)cc3)n2)N1. The number of benzene rings is 1. The smallest absolute Gasteiger partial charge is 0.320 e. The highest BCUT2D eigenvalue weighted by atomic mass is 19.1.